The number of pyridine rings is 1. The third-order valence-electron chi connectivity index (χ3n) is 3.04. The SMILES string of the molecule is Cc1cnc(CNCc2c(CO)cnc(C)c2O)cn1. The molecule has 0 fully saturated rings. The summed E-state index contributed by atoms with van der Waals surface area (Å²) in [7, 11) is 0. The number of nitrogens with zero attached hydrogens (tertiary/aromatic N) is 3. The summed E-state index contributed by atoms with van der Waals surface area (Å²) < 4.78 is 0. The van der Waals surface area contributed by atoms with E-state index < -0.39 is 0 Å². The molecule has 2 aromatic rings. The van der Waals surface area contributed by atoms with Crippen molar-refractivity contribution in [3.63, 3.8) is 0 Å². The predicted octanol–water partition coefficient (Wildman–Crippen LogP) is 0.976. The Hall–Kier alpha value is -2.05. The van der Waals surface area contributed by atoms with E-state index in [9.17, 15) is 10.2 Å². The molecule has 0 radical (unpaired) electrons. The van der Waals surface area contributed by atoms with Gasteiger partial charge in [-0.3, -0.25) is 15.0 Å². The minimum Gasteiger partial charge on any atom is -0.506 e. The molecule has 20 heavy (non-hydrogen) atoms. The molecule has 6 heteroatoms. The smallest absolute Gasteiger partial charge is 0.141 e. The second-order valence-electron chi connectivity index (χ2n) is 4.61. The van der Waals surface area contributed by atoms with Crippen molar-refractivity contribution in [2.24, 2.45) is 0 Å². The van der Waals surface area contributed by atoms with Crippen LogP contribution in [0.15, 0.2) is 18.6 Å². The third kappa shape index (κ3) is 3.28. The van der Waals surface area contributed by atoms with Crippen LogP contribution in [-0.4, -0.2) is 25.2 Å². The van der Waals surface area contributed by atoms with Crippen LogP contribution in [0.2, 0.25) is 0 Å². The Bertz CT molecular complexity index is 584. The summed E-state index contributed by atoms with van der Waals surface area (Å²) in [5.41, 5.74) is 3.54. The first-order valence-electron chi connectivity index (χ1n) is 6.37. The van der Waals surface area contributed by atoms with Gasteiger partial charge in [0, 0.05) is 42.8 Å². The van der Waals surface area contributed by atoms with Gasteiger partial charge in [-0.1, -0.05) is 0 Å². The van der Waals surface area contributed by atoms with E-state index in [1.54, 1.807) is 25.5 Å². The molecule has 0 amide bonds. The van der Waals surface area contributed by atoms with Crippen molar-refractivity contribution < 1.29 is 10.2 Å². The lowest BCUT2D eigenvalue weighted by atomic mass is 10.1. The predicted molar refractivity (Wildman–Crippen MR) is 73.9 cm³/mol. The molecular weight excluding hydrogens is 256 g/mol. The zero-order valence-corrected chi connectivity index (χ0v) is 11.6. The zero-order valence-electron chi connectivity index (χ0n) is 11.6. The average Bonchev–Trinajstić information content (AvgIpc) is 2.46. The number of rotatable bonds is 5. The van der Waals surface area contributed by atoms with Gasteiger partial charge in [0.05, 0.1) is 23.7 Å². The molecule has 3 N–H and O–H groups in total. The van der Waals surface area contributed by atoms with Gasteiger partial charge in [-0.15, -0.1) is 0 Å². The molecule has 0 atom stereocenters. The summed E-state index contributed by atoms with van der Waals surface area (Å²) in [6.45, 7) is 4.43. The molecule has 6 nitrogen and oxygen atoms in total. The fourth-order valence-electron chi connectivity index (χ4n) is 1.84. The Balaban J connectivity index is 2.03. The van der Waals surface area contributed by atoms with Crippen LogP contribution in [0.1, 0.15) is 28.2 Å². The lowest BCUT2D eigenvalue weighted by Crippen LogP contribution is -2.16. The van der Waals surface area contributed by atoms with Crippen molar-refractivity contribution in [2.75, 3.05) is 0 Å². The lowest BCUT2D eigenvalue weighted by Gasteiger charge is -2.12. The summed E-state index contributed by atoms with van der Waals surface area (Å²) in [6.07, 6.45) is 5.01. The highest BCUT2D eigenvalue weighted by molar-refractivity contribution is 5.40. The van der Waals surface area contributed by atoms with Gasteiger partial charge in [-0.05, 0) is 13.8 Å². The molecule has 0 aliphatic carbocycles. The molecule has 106 valence electrons. The van der Waals surface area contributed by atoms with E-state index in [0.717, 1.165) is 11.4 Å². The van der Waals surface area contributed by atoms with Crippen LogP contribution in [0.3, 0.4) is 0 Å². The Kier molecular flexibility index (Phi) is 4.60. The van der Waals surface area contributed by atoms with Crippen LogP contribution in [0.25, 0.3) is 0 Å². The van der Waals surface area contributed by atoms with Crippen molar-refractivity contribution >= 4 is 0 Å². The summed E-state index contributed by atoms with van der Waals surface area (Å²) in [4.78, 5) is 12.4. The van der Waals surface area contributed by atoms with E-state index in [4.69, 9.17) is 0 Å². The maximum Gasteiger partial charge on any atom is 0.141 e. The van der Waals surface area contributed by atoms with Gasteiger partial charge in [-0.25, -0.2) is 0 Å². The Morgan fingerprint density at radius 2 is 1.85 bits per heavy atom. The second-order valence-corrected chi connectivity index (χ2v) is 4.61. The Morgan fingerprint density at radius 1 is 1.05 bits per heavy atom. The lowest BCUT2D eigenvalue weighted by molar-refractivity contribution is 0.278. The number of nitrogens with one attached hydrogen (secondary N) is 1. The zero-order chi connectivity index (χ0) is 14.5. The molecule has 0 unspecified atom stereocenters. The van der Waals surface area contributed by atoms with Crippen molar-refractivity contribution in [3.05, 3.63) is 46.8 Å². The van der Waals surface area contributed by atoms with Crippen molar-refractivity contribution in [1.29, 1.82) is 0 Å². The molecule has 0 aromatic carbocycles. The standard InChI is InChI=1S/C14H18N4O2/c1-9-3-18-12(6-16-9)5-15-7-13-11(8-19)4-17-10(2)14(13)20/h3-4,6,15,19-20H,5,7-8H2,1-2H3. The Labute approximate surface area is 117 Å². The third-order valence-corrected chi connectivity index (χ3v) is 3.04. The molecule has 2 heterocycles. The van der Waals surface area contributed by atoms with Crippen LogP contribution in [0.4, 0.5) is 0 Å². The number of hydrogen-bond donors (Lipinski definition) is 3. The van der Waals surface area contributed by atoms with Crippen LogP contribution in [-0.2, 0) is 19.7 Å². The summed E-state index contributed by atoms with van der Waals surface area (Å²) in [5, 5.41) is 22.5. The molecule has 0 aliphatic heterocycles. The van der Waals surface area contributed by atoms with E-state index >= 15 is 0 Å². The van der Waals surface area contributed by atoms with Gasteiger partial charge in [0.2, 0.25) is 0 Å². The Morgan fingerprint density at radius 3 is 2.50 bits per heavy atom. The van der Waals surface area contributed by atoms with E-state index in [1.165, 1.54) is 0 Å². The van der Waals surface area contributed by atoms with Gasteiger partial charge in [-0.2, -0.15) is 0 Å². The minimum absolute atomic E-state index is 0.124. The van der Waals surface area contributed by atoms with Gasteiger partial charge >= 0.3 is 0 Å². The normalized spacial score (nSPS) is 10.8. The number of aryl methyl sites for hydroxylation is 2. The van der Waals surface area contributed by atoms with E-state index in [-0.39, 0.29) is 12.4 Å². The highest BCUT2D eigenvalue weighted by Gasteiger charge is 2.10. The molecular formula is C14H18N4O2. The van der Waals surface area contributed by atoms with E-state index in [2.05, 4.69) is 20.3 Å². The first kappa shape index (κ1) is 14.4. The summed E-state index contributed by atoms with van der Waals surface area (Å²) >= 11 is 0. The van der Waals surface area contributed by atoms with Crippen molar-refractivity contribution in [2.45, 2.75) is 33.5 Å². The number of hydrogen-bond acceptors (Lipinski definition) is 6. The first-order valence-corrected chi connectivity index (χ1v) is 6.37. The largest absolute Gasteiger partial charge is 0.506 e. The summed E-state index contributed by atoms with van der Waals surface area (Å²) in [5.74, 6) is 0.124. The molecule has 0 bridgehead atoms. The average molecular weight is 274 g/mol. The number of aromatic hydroxyl groups is 1. The van der Waals surface area contributed by atoms with Gasteiger partial charge < -0.3 is 15.5 Å². The quantitative estimate of drug-likeness (QED) is 0.752. The second kappa shape index (κ2) is 6.40. The highest BCUT2D eigenvalue weighted by Crippen LogP contribution is 2.23. The van der Waals surface area contributed by atoms with E-state index in [0.29, 0.717) is 29.9 Å². The number of aromatic nitrogens is 3. The molecule has 2 aromatic heterocycles. The molecule has 0 aliphatic rings. The topological polar surface area (TPSA) is 91.2 Å². The van der Waals surface area contributed by atoms with Gasteiger partial charge in [0.1, 0.15) is 5.75 Å². The van der Waals surface area contributed by atoms with Crippen LogP contribution < -0.4 is 5.32 Å². The monoisotopic (exact) mass is 274 g/mol. The highest BCUT2D eigenvalue weighted by atomic mass is 16.3. The van der Waals surface area contributed by atoms with Gasteiger partial charge in [0.25, 0.3) is 0 Å². The molecule has 0 saturated carbocycles. The van der Waals surface area contributed by atoms with Crippen molar-refractivity contribution in [3.8, 4) is 5.75 Å². The molecule has 2 rings (SSSR count). The van der Waals surface area contributed by atoms with E-state index in [1.807, 2.05) is 6.92 Å². The molecule has 0 spiro atoms. The minimum atomic E-state index is -0.151. The first-order chi connectivity index (χ1) is 9.61. The maximum atomic E-state index is 10.0. The fourth-order valence-corrected chi connectivity index (χ4v) is 1.84. The van der Waals surface area contributed by atoms with Crippen molar-refractivity contribution in [1.82, 2.24) is 20.3 Å². The van der Waals surface area contributed by atoms with Crippen LogP contribution >= 0.6 is 0 Å². The van der Waals surface area contributed by atoms with Crippen LogP contribution in [0.5, 0.6) is 5.75 Å². The maximum absolute atomic E-state index is 10.0. The fraction of sp³-hybridized carbons (Fsp3) is 0.357. The number of aliphatic hydroxyl groups excluding tert-OH is 1. The summed E-state index contributed by atoms with van der Waals surface area (Å²) in [6, 6.07) is 0. The van der Waals surface area contributed by atoms with Gasteiger partial charge in [0.15, 0.2) is 0 Å². The van der Waals surface area contributed by atoms with Crippen LogP contribution in [0, 0.1) is 13.8 Å². The number of aliphatic hydroxyl groups is 1. The molecule has 0 saturated heterocycles.